The van der Waals surface area contributed by atoms with E-state index in [1.807, 2.05) is 21.8 Å². The Balaban J connectivity index is 1.57. The highest BCUT2D eigenvalue weighted by Gasteiger charge is 2.36. The third-order valence-corrected chi connectivity index (χ3v) is 4.53. The van der Waals surface area contributed by atoms with Crippen molar-refractivity contribution in [2.75, 3.05) is 41.8 Å². The van der Waals surface area contributed by atoms with Gasteiger partial charge in [-0.2, -0.15) is 13.2 Å². The van der Waals surface area contributed by atoms with Crippen molar-refractivity contribution in [3.8, 4) is 0 Å². The maximum absolute atomic E-state index is 13.2. The molecule has 0 bridgehead atoms. The van der Waals surface area contributed by atoms with E-state index in [-0.39, 0.29) is 5.82 Å². The second-order valence-corrected chi connectivity index (χ2v) is 6.12. The Kier molecular flexibility index (Phi) is 3.86. The van der Waals surface area contributed by atoms with Crippen LogP contribution in [0.5, 0.6) is 0 Å². The highest BCUT2D eigenvalue weighted by molar-refractivity contribution is 5.87. The molecule has 1 saturated heterocycles. The molecule has 1 fully saturated rings. The van der Waals surface area contributed by atoms with Gasteiger partial charge in [-0.1, -0.05) is 6.07 Å². The Morgan fingerprint density at radius 2 is 1.73 bits per heavy atom. The topological polar surface area (TPSA) is 63.2 Å². The van der Waals surface area contributed by atoms with E-state index >= 15 is 0 Å². The van der Waals surface area contributed by atoms with E-state index in [1.165, 1.54) is 12.3 Å². The number of piperazine rings is 1. The van der Waals surface area contributed by atoms with Crippen LogP contribution in [0.1, 0.15) is 5.56 Å². The number of imidazole rings is 1. The molecule has 0 aliphatic carbocycles. The van der Waals surface area contributed by atoms with Gasteiger partial charge in [-0.25, -0.2) is 14.6 Å². The number of anilines is 2. The first kappa shape index (κ1) is 16.5. The molecule has 1 aliphatic rings. The first-order chi connectivity index (χ1) is 12.4. The number of nitrogens with two attached hydrogens (primary N) is 1. The van der Waals surface area contributed by atoms with Crippen molar-refractivity contribution >= 4 is 22.5 Å². The zero-order chi connectivity index (χ0) is 18.3. The van der Waals surface area contributed by atoms with Gasteiger partial charge in [0.25, 0.3) is 0 Å². The Labute approximate surface area is 147 Å². The molecule has 0 unspecified atom stereocenters. The Hall–Kier alpha value is -2.97. The summed E-state index contributed by atoms with van der Waals surface area (Å²) in [4.78, 5) is 9.98. The van der Waals surface area contributed by atoms with Crippen molar-refractivity contribution in [2.24, 2.45) is 0 Å². The molecule has 136 valence electrons. The maximum atomic E-state index is 13.2. The van der Waals surface area contributed by atoms with Crippen molar-refractivity contribution < 1.29 is 13.2 Å². The fraction of sp³-hybridized carbons (Fsp3) is 0.294. The summed E-state index contributed by atoms with van der Waals surface area (Å²) in [6, 6.07) is 7.90. The van der Waals surface area contributed by atoms with Gasteiger partial charge in [0.2, 0.25) is 0 Å². The van der Waals surface area contributed by atoms with Gasteiger partial charge < -0.3 is 15.6 Å². The van der Waals surface area contributed by atoms with Gasteiger partial charge in [-0.3, -0.25) is 0 Å². The quantitative estimate of drug-likeness (QED) is 0.710. The highest BCUT2D eigenvalue weighted by atomic mass is 19.4. The lowest BCUT2D eigenvalue weighted by Crippen LogP contribution is -2.51. The van der Waals surface area contributed by atoms with E-state index in [9.17, 15) is 13.2 Å². The molecule has 3 aromatic rings. The van der Waals surface area contributed by atoms with Crippen molar-refractivity contribution in [1.29, 1.82) is 0 Å². The van der Waals surface area contributed by atoms with E-state index in [0.29, 0.717) is 31.9 Å². The molecule has 4 rings (SSSR count). The third-order valence-electron chi connectivity index (χ3n) is 4.53. The number of halogens is 3. The third kappa shape index (κ3) is 2.79. The van der Waals surface area contributed by atoms with Gasteiger partial charge in [-0.05, 0) is 24.3 Å². The van der Waals surface area contributed by atoms with E-state index < -0.39 is 11.7 Å². The predicted molar refractivity (Wildman–Crippen MR) is 93.5 cm³/mol. The summed E-state index contributed by atoms with van der Waals surface area (Å²) in [7, 11) is 0. The summed E-state index contributed by atoms with van der Waals surface area (Å²) in [6.45, 7) is 1.92. The number of fused-ring (bicyclic) bond motifs is 1. The average molecular weight is 362 g/mol. The minimum absolute atomic E-state index is 0.0188. The fourth-order valence-corrected chi connectivity index (χ4v) is 3.28. The van der Waals surface area contributed by atoms with Gasteiger partial charge in [0.1, 0.15) is 17.7 Å². The van der Waals surface area contributed by atoms with Gasteiger partial charge in [0.15, 0.2) is 0 Å². The SMILES string of the molecule is Nc1cccc2ncn(N3CCN(c4ncccc4C(F)(F)F)CC3)c12. The molecule has 0 spiro atoms. The number of pyridine rings is 1. The average Bonchev–Trinajstić information content (AvgIpc) is 3.07. The molecule has 0 atom stereocenters. The minimum Gasteiger partial charge on any atom is -0.397 e. The summed E-state index contributed by atoms with van der Waals surface area (Å²) < 4.78 is 41.5. The predicted octanol–water partition coefficient (Wildman–Crippen LogP) is 2.49. The van der Waals surface area contributed by atoms with E-state index in [4.69, 9.17) is 5.73 Å². The summed E-state index contributed by atoms with van der Waals surface area (Å²) in [5.41, 5.74) is 7.58. The molecule has 2 aromatic heterocycles. The van der Waals surface area contributed by atoms with Crippen molar-refractivity contribution in [2.45, 2.75) is 6.18 Å². The molecule has 9 heteroatoms. The van der Waals surface area contributed by atoms with Crippen LogP contribution in [0.2, 0.25) is 0 Å². The standard InChI is InChI=1S/C17H17F3N6/c18-17(19,20)12-3-2-6-22-16(12)24-7-9-25(10-8-24)26-11-23-14-5-1-4-13(21)15(14)26/h1-6,11H,7-10,21H2. The maximum Gasteiger partial charge on any atom is 0.419 e. The van der Waals surface area contributed by atoms with Gasteiger partial charge in [-0.15, -0.1) is 0 Å². The second kappa shape index (κ2) is 6.08. The van der Waals surface area contributed by atoms with Crippen LogP contribution in [0.4, 0.5) is 24.7 Å². The van der Waals surface area contributed by atoms with Crippen LogP contribution in [0.3, 0.4) is 0 Å². The van der Waals surface area contributed by atoms with Crippen LogP contribution in [0, 0.1) is 0 Å². The van der Waals surface area contributed by atoms with E-state index in [1.54, 1.807) is 17.3 Å². The molecule has 0 radical (unpaired) electrons. The molecule has 6 nitrogen and oxygen atoms in total. The molecular formula is C17H17F3N6. The van der Waals surface area contributed by atoms with Crippen LogP contribution in [0.15, 0.2) is 42.9 Å². The van der Waals surface area contributed by atoms with Gasteiger partial charge in [0.05, 0.1) is 29.9 Å². The number of nitrogens with zero attached hydrogens (tertiary/aromatic N) is 5. The normalized spacial score (nSPS) is 15.7. The minimum atomic E-state index is -4.42. The lowest BCUT2D eigenvalue weighted by atomic mass is 10.2. The van der Waals surface area contributed by atoms with Crippen molar-refractivity contribution in [3.63, 3.8) is 0 Å². The lowest BCUT2D eigenvalue weighted by molar-refractivity contribution is -0.137. The van der Waals surface area contributed by atoms with Gasteiger partial charge >= 0.3 is 6.18 Å². The van der Waals surface area contributed by atoms with Crippen LogP contribution >= 0.6 is 0 Å². The Bertz CT molecular complexity index is 928. The summed E-state index contributed by atoms with van der Waals surface area (Å²) in [5.74, 6) is -0.0188. The van der Waals surface area contributed by atoms with Crippen LogP contribution in [-0.4, -0.2) is 40.8 Å². The number of hydrogen-bond donors (Lipinski definition) is 1. The lowest BCUT2D eigenvalue weighted by Gasteiger charge is -2.38. The van der Waals surface area contributed by atoms with E-state index in [2.05, 4.69) is 9.97 Å². The smallest absolute Gasteiger partial charge is 0.397 e. The Morgan fingerprint density at radius 1 is 0.962 bits per heavy atom. The van der Waals surface area contributed by atoms with Crippen molar-refractivity contribution in [1.82, 2.24) is 14.6 Å². The molecule has 1 aromatic carbocycles. The number of hydrogen-bond acceptors (Lipinski definition) is 5. The Morgan fingerprint density at radius 3 is 2.46 bits per heavy atom. The fourth-order valence-electron chi connectivity index (χ4n) is 3.28. The molecule has 26 heavy (non-hydrogen) atoms. The molecule has 3 heterocycles. The van der Waals surface area contributed by atoms with Crippen LogP contribution in [0.25, 0.3) is 11.0 Å². The molecule has 0 amide bonds. The zero-order valence-corrected chi connectivity index (χ0v) is 13.8. The van der Waals surface area contributed by atoms with Crippen molar-refractivity contribution in [3.05, 3.63) is 48.4 Å². The summed E-state index contributed by atoms with van der Waals surface area (Å²) >= 11 is 0. The first-order valence-corrected chi connectivity index (χ1v) is 8.19. The molecule has 2 N–H and O–H groups in total. The molecule has 1 aliphatic heterocycles. The number of para-hydroxylation sites is 1. The number of rotatable bonds is 2. The molecule has 0 saturated carbocycles. The van der Waals surface area contributed by atoms with Gasteiger partial charge in [0, 0.05) is 19.3 Å². The summed E-state index contributed by atoms with van der Waals surface area (Å²) in [5, 5.41) is 2.03. The molecular weight excluding hydrogens is 345 g/mol. The number of aromatic nitrogens is 3. The largest absolute Gasteiger partial charge is 0.419 e. The number of benzene rings is 1. The van der Waals surface area contributed by atoms with Crippen LogP contribution < -0.4 is 15.6 Å². The van der Waals surface area contributed by atoms with E-state index in [0.717, 1.165) is 17.1 Å². The monoisotopic (exact) mass is 362 g/mol. The number of alkyl halides is 3. The zero-order valence-electron chi connectivity index (χ0n) is 13.8. The number of nitrogen functional groups attached to an aromatic ring is 1. The first-order valence-electron chi connectivity index (χ1n) is 8.19. The highest BCUT2D eigenvalue weighted by Crippen LogP contribution is 2.35. The van der Waals surface area contributed by atoms with Crippen LogP contribution in [-0.2, 0) is 6.18 Å². The summed E-state index contributed by atoms with van der Waals surface area (Å²) in [6.07, 6.45) is -1.34. The second-order valence-electron chi connectivity index (χ2n) is 6.12.